The second kappa shape index (κ2) is 6.17. The van der Waals surface area contributed by atoms with Crippen molar-refractivity contribution in [3.8, 4) is 0 Å². The molecule has 6 heteroatoms. The van der Waals surface area contributed by atoms with Crippen molar-refractivity contribution in [2.45, 2.75) is 0 Å². The summed E-state index contributed by atoms with van der Waals surface area (Å²) in [6.45, 7) is 0. The monoisotopic (exact) mass is 352 g/mol. The third kappa shape index (κ3) is 3.07. The fourth-order valence-electron chi connectivity index (χ4n) is 1.60. The van der Waals surface area contributed by atoms with Gasteiger partial charge < -0.3 is 0 Å². The van der Waals surface area contributed by atoms with Gasteiger partial charge >= 0.3 is 0 Å². The van der Waals surface area contributed by atoms with Gasteiger partial charge in [0.2, 0.25) is 0 Å². The number of amides is 2. The predicted molar refractivity (Wildman–Crippen MR) is 80.3 cm³/mol. The van der Waals surface area contributed by atoms with Crippen LogP contribution in [0.1, 0.15) is 20.7 Å². The van der Waals surface area contributed by atoms with E-state index < -0.39 is 11.8 Å². The minimum atomic E-state index is -0.609. The van der Waals surface area contributed by atoms with Crippen LogP contribution in [0.2, 0.25) is 5.02 Å². The van der Waals surface area contributed by atoms with E-state index in [1.165, 1.54) is 6.07 Å². The fraction of sp³-hybridized carbons (Fsp3) is 0. The Hall–Kier alpha value is -1.69. The van der Waals surface area contributed by atoms with Crippen molar-refractivity contribution in [3.05, 3.63) is 69.2 Å². The lowest BCUT2D eigenvalue weighted by atomic mass is 10.1. The molecule has 0 aromatic heterocycles. The van der Waals surface area contributed by atoms with Gasteiger partial charge in [-0.3, -0.25) is 9.59 Å². The molecule has 0 bridgehead atoms. The minimum absolute atomic E-state index is 0.265. The number of hydrogen-bond acceptors (Lipinski definition) is 3. The smallest absolute Gasteiger partial charge is 0.267 e. The van der Waals surface area contributed by atoms with E-state index in [4.69, 9.17) is 17.4 Å². The lowest BCUT2D eigenvalue weighted by Gasteiger charge is -2.15. The van der Waals surface area contributed by atoms with Crippen molar-refractivity contribution in [2.75, 3.05) is 0 Å². The molecule has 0 saturated heterocycles. The highest BCUT2D eigenvalue weighted by Gasteiger charge is 2.22. The van der Waals surface area contributed by atoms with E-state index in [-0.39, 0.29) is 5.56 Å². The summed E-state index contributed by atoms with van der Waals surface area (Å²) < 4.78 is 0.478. The average molecular weight is 354 g/mol. The molecule has 2 N–H and O–H groups in total. The van der Waals surface area contributed by atoms with Crippen LogP contribution in [0, 0.1) is 0 Å². The molecular weight excluding hydrogens is 344 g/mol. The number of hydrazine groups is 1. The van der Waals surface area contributed by atoms with Crippen LogP contribution in [0.4, 0.5) is 0 Å². The number of nitrogens with zero attached hydrogens (tertiary/aromatic N) is 1. The zero-order valence-corrected chi connectivity index (χ0v) is 12.6. The molecule has 102 valence electrons. The molecule has 0 unspecified atom stereocenters. The number of halogens is 2. The van der Waals surface area contributed by atoms with E-state index >= 15 is 0 Å². The van der Waals surface area contributed by atoms with Crippen LogP contribution in [0.5, 0.6) is 0 Å². The number of rotatable bonds is 2. The highest BCUT2D eigenvalue weighted by molar-refractivity contribution is 9.10. The average Bonchev–Trinajstić information content (AvgIpc) is 2.46. The first kappa shape index (κ1) is 14.7. The van der Waals surface area contributed by atoms with E-state index in [1.807, 2.05) is 0 Å². The normalized spacial score (nSPS) is 10.2. The van der Waals surface area contributed by atoms with Gasteiger partial charge in [0, 0.05) is 15.1 Å². The van der Waals surface area contributed by atoms with Crippen LogP contribution in [-0.4, -0.2) is 16.8 Å². The van der Waals surface area contributed by atoms with Crippen LogP contribution in [-0.2, 0) is 0 Å². The van der Waals surface area contributed by atoms with Crippen molar-refractivity contribution < 1.29 is 9.59 Å². The maximum Gasteiger partial charge on any atom is 0.276 e. The van der Waals surface area contributed by atoms with Gasteiger partial charge in [0.25, 0.3) is 11.8 Å². The molecule has 2 aromatic carbocycles. The first-order valence-corrected chi connectivity index (χ1v) is 6.81. The molecule has 0 aliphatic heterocycles. The zero-order valence-electron chi connectivity index (χ0n) is 10.2. The fourth-order valence-corrected chi connectivity index (χ4v) is 2.46. The zero-order chi connectivity index (χ0) is 14.7. The molecule has 0 fully saturated rings. The number of carbonyl (C=O) groups excluding carboxylic acids is 2. The minimum Gasteiger partial charge on any atom is -0.267 e. The molecule has 20 heavy (non-hydrogen) atoms. The Morgan fingerprint density at radius 3 is 2.30 bits per heavy atom. The third-order valence-electron chi connectivity index (χ3n) is 2.62. The summed E-state index contributed by atoms with van der Waals surface area (Å²) in [5, 5.41) is 1.06. The Kier molecular flexibility index (Phi) is 4.54. The molecule has 0 aliphatic rings. The van der Waals surface area contributed by atoms with Crippen molar-refractivity contribution in [3.63, 3.8) is 0 Å². The largest absolute Gasteiger partial charge is 0.276 e. The summed E-state index contributed by atoms with van der Waals surface area (Å²) in [5.74, 6) is 4.43. The molecule has 0 spiro atoms. The first-order chi connectivity index (χ1) is 9.50. The lowest BCUT2D eigenvalue weighted by molar-refractivity contribution is 0.0615. The van der Waals surface area contributed by atoms with Crippen LogP contribution < -0.4 is 5.84 Å². The van der Waals surface area contributed by atoms with Gasteiger partial charge in [-0.15, -0.1) is 0 Å². The Labute approximate surface area is 129 Å². The van der Waals surface area contributed by atoms with Gasteiger partial charge in [-0.2, -0.15) is 0 Å². The van der Waals surface area contributed by atoms with E-state index in [0.717, 1.165) is 0 Å². The van der Waals surface area contributed by atoms with Crippen LogP contribution >= 0.6 is 27.5 Å². The Balaban J connectivity index is 2.27. The van der Waals surface area contributed by atoms with Gasteiger partial charge in [-0.1, -0.05) is 29.8 Å². The second-order valence-corrected chi connectivity index (χ2v) is 5.26. The Bertz CT molecular complexity index is 661. The summed E-state index contributed by atoms with van der Waals surface area (Å²) in [6.07, 6.45) is 0. The van der Waals surface area contributed by atoms with E-state index in [2.05, 4.69) is 15.9 Å². The van der Waals surface area contributed by atoms with E-state index in [9.17, 15) is 9.59 Å². The van der Waals surface area contributed by atoms with Gasteiger partial charge in [0.05, 0.1) is 5.56 Å². The maximum atomic E-state index is 12.2. The number of nitrogens with two attached hydrogens (primary N) is 1. The number of benzene rings is 2. The van der Waals surface area contributed by atoms with E-state index in [0.29, 0.717) is 20.1 Å². The molecule has 2 amide bonds. The summed E-state index contributed by atoms with van der Waals surface area (Å²) in [7, 11) is 0. The molecular formula is C14H10BrClN2O2. The lowest BCUT2D eigenvalue weighted by Crippen LogP contribution is -2.42. The Morgan fingerprint density at radius 1 is 1.05 bits per heavy atom. The molecule has 0 saturated carbocycles. The van der Waals surface area contributed by atoms with Crippen molar-refractivity contribution in [1.29, 1.82) is 0 Å². The van der Waals surface area contributed by atoms with Crippen molar-refractivity contribution in [1.82, 2.24) is 5.01 Å². The van der Waals surface area contributed by atoms with Crippen LogP contribution in [0.3, 0.4) is 0 Å². The highest BCUT2D eigenvalue weighted by Crippen LogP contribution is 2.22. The highest BCUT2D eigenvalue weighted by atomic mass is 79.9. The third-order valence-corrected chi connectivity index (χ3v) is 3.51. The van der Waals surface area contributed by atoms with E-state index in [1.54, 1.807) is 42.5 Å². The molecule has 4 nitrogen and oxygen atoms in total. The quantitative estimate of drug-likeness (QED) is 0.390. The number of hydrogen-bond donors (Lipinski definition) is 1. The van der Waals surface area contributed by atoms with Crippen molar-refractivity contribution in [2.24, 2.45) is 5.84 Å². The van der Waals surface area contributed by atoms with Crippen LogP contribution in [0.15, 0.2) is 53.0 Å². The molecule has 0 radical (unpaired) electrons. The maximum absolute atomic E-state index is 12.2. The summed E-state index contributed by atoms with van der Waals surface area (Å²) in [5.41, 5.74) is 0.606. The van der Waals surface area contributed by atoms with Gasteiger partial charge in [0.1, 0.15) is 0 Å². The van der Waals surface area contributed by atoms with Gasteiger partial charge in [-0.25, -0.2) is 10.9 Å². The molecule has 2 rings (SSSR count). The first-order valence-electron chi connectivity index (χ1n) is 5.64. The second-order valence-electron chi connectivity index (χ2n) is 3.97. The number of carbonyl (C=O) groups is 2. The van der Waals surface area contributed by atoms with Crippen molar-refractivity contribution >= 4 is 39.3 Å². The topological polar surface area (TPSA) is 63.4 Å². The Morgan fingerprint density at radius 2 is 1.70 bits per heavy atom. The molecule has 2 aromatic rings. The molecule has 0 aliphatic carbocycles. The standard InChI is InChI=1S/C14H10BrClN2O2/c15-12-8-10(16)6-7-11(12)14(20)18(17)13(19)9-4-2-1-3-5-9/h1-8H,17H2. The van der Waals surface area contributed by atoms with Gasteiger partial charge in [-0.05, 0) is 46.3 Å². The summed E-state index contributed by atoms with van der Waals surface area (Å²) in [6, 6.07) is 13.0. The summed E-state index contributed by atoms with van der Waals surface area (Å²) >= 11 is 9.03. The summed E-state index contributed by atoms with van der Waals surface area (Å²) in [4.78, 5) is 24.3. The SMILES string of the molecule is NN(C(=O)c1ccccc1)C(=O)c1ccc(Cl)cc1Br. The number of imide groups is 1. The van der Waals surface area contributed by atoms with Gasteiger partial charge in [0.15, 0.2) is 0 Å². The predicted octanol–water partition coefficient (Wildman–Crippen LogP) is 3.26. The molecule has 0 atom stereocenters. The van der Waals surface area contributed by atoms with Crippen LogP contribution in [0.25, 0.3) is 0 Å². The molecule has 0 heterocycles.